The molecule has 1 N–H and O–H groups in total. The van der Waals surface area contributed by atoms with Crippen LogP contribution in [0.15, 0.2) is 73.7 Å². The second kappa shape index (κ2) is 11.4. The summed E-state index contributed by atoms with van der Waals surface area (Å²) < 4.78 is 8.99. The molecule has 0 aliphatic carbocycles. The van der Waals surface area contributed by atoms with Crippen LogP contribution < -0.4 is 15.0 Å². The third-order valence-corrected chi connectivity index (χ3v) is 7.04. The minimum Gasteiger partial charge on any atom is -0.497 e. The highest BCUT2D eigenvalue weighted by atomic mass is 16.5. The van der Waals surface area contributed by atoms with Crippen LogP contribution in [0.3, 0.4) is 0 Å². The quantitative estimate of drug-likeness (QED) is 0.373. The van der Waals surface area contributed by atoms with Crippen molar-refractivity contribution >= 4 is 17.6 Å². The fraction of sp³-hybridized carbons (Fsp3) is 0.321. The van der Waals surface area contributed by atoms with Gasteiger partial charge in [-0.1, -0.05) is 12.1 Å². The number of benzene rings is 1. The van der Waals surface area contributed by atoms with Crippen LogP contribution in [-0.4, -0.2) is 73.6 Å². The average Bonchev–Trinajstić information content (AvgIpc) is 3.65. The molecule has 11 heteroatoms. The Kier molecular flexibility index (Phi) is 7.57. The van der Waals surface area contributed by atoms with Crippen molar-refractivity contribution < 1.29 is 14.3 Å². The van der Waals surface area contributed by atoms with E-state index in [9.17, 15) is 9.59 Å². The molecule has 39 heavy (non-hydrogen) atoms. The van der Waals surface area contributed by atoms with Crippen molar-refractivity contribution in [3.63, 3.8) is 0 Å². The van der Waals surface area contributed by atoms with E-state index < -0.39 is 6.04 Å². The van der Waals surface area contributed by atoms with Crippen LogP contribution in [-0.2, 0) is 23.1 Å². The molecule has 4 aromatic rings. The maximum Gasteiger partial charge on any atom is 0.245 e. The van der Waals surface area contributed by atoms with Crippen molar-refractivity contribution in [3.05, 3.63) is 85.0 Å². The lowest BCUT2D eigenvalue weighted by molar-refractivity contribution is -0.133. The van der Waals surface area contributed by atoms with Crippen LogP contribution in [0.5, 0.6) is 5.75 Å². The van der Waals surface area contributed by atoms with E-state index in [0.717, 1.165) is 17.0 Å². The molecule has 0 radical (unpaired) electrons. The van der Waals surface area contributed by atoms with E-state index in [0.29, 0.717) is 24.7 Å². The Balaban J connectivity index is 1.37. The van der Waals surface area contributed by atoms with E-state index in [2.05, 4.69) is 20.3 Å². The Morgan fingerprint density at radius 1 is 1.10 bits per heavy atom. The number of imidazole rings is 1. The number of amides is 2. The average molecular weight is 529 g/mol. The van der Waals surface area contributed by atoms with Crippen molar-refractivity contribution in [1.82, 2.24) is 34.3 Å². The lowest BCUT2D eigenvalue weighted by atomic mass is 10.1. The summed E-state index contributed by atoms with van der Waals surface area (Å²) in [6.07, 6.45) is 8.81. The molecule has 5 rings (SSSR count). The SMILES string of the molecule is COc1ccc(CC(=O)N2CCN(c3cc(-n4ccnc4)ncn3)C(C(=O)NC(C)c3cccn3C)C2)cc1. The number of ether oxygens (including phenoxy) is 1. The maximum absolute atomic E-state index is 13.7. The summed E-state index contributed by atoms with van der Waals surface area (Å²) in [5.74, 6) is 1.79. The number of nitrogens with one attached hydrogen (secondary N) is 1. The number of aromatic nitrogens is 5. The van der Waals surface area contributed by atoms with E-state index in [4.69, 9.17) is 4.74 Å². The third kappa shape index (κ3) is 5.77. The highest BCUT2D eigenvalue weighted by Gasteiger charge is 2.36. The van der Waals surface area contributed by atoms with Gasteiger partial charge < -0.3 is 24.4 Å². The second-order valence-electron chi connectivity index (χ2n) is 9.55. The molecule has 1 saturated heterocycles. The van der Waals surface area contributed by atoms with Gasteiger partial charge in [0.25, 0.3) is 0 Å². The lowest BCUT2D eigenvalue weighted by Crippen LogP contribution is -2.61. The Hall–Kier alpha value is -4.67. The first-order valence-electron chi connectivity index (χ1n) is 12.8. The molecule has 0 saturated carbocycles. The standard InChI is InChI=1S/C28H32N8O3/c1-20(23-5-4-11-33(23)2)32-28(38)24-17-34(27(37)15-21-6-8-22(39-3)9-7-21)13-14-36(24)26-16-25(30-18-31-26)35-12-10-29-19-35/h4-12,16,18-20,24H,13-15,17H2,1-3H3,(H,32,38). The number of rotatable bonds is 8. The number of aryl methyl sites for hydroxylation is 1. The van der Waals surface area contributed by atoms with Crippen LogP contribution in [0.25, 0.3) is 5.82 Å². The van der Waals surface area contributed by atoms with Gasteiger partial charge >= 0.3 is 0 Å². The fourth-order valence-electron chi connectivity index (χ4n) is 4.88. The van der Waals surface area contributed by atoms with Crippen LogP contribution >= 0.6 is 0 Å². The molecule has 0 spiro atoms. The minimum atomic E-state index is -0.633. The summed E-state index contributed by atoms with van der Waals surface area (Å²) in [5.41, 5.74) is 1.88. The van der Waals surface area contributed by atoms with Crippen LogP contribution in [0.1, 0.15) is 24.2 Å². The zero-order valence-electron chi connectivity index (χ0n) is 22.3. The highest BCUT2D eigenvalue weighted by molar-refractivity contribution is 5.87. The lowest BCUT2D eigenvalue weighted by Gasteiger charge is -2.41. The molecular weight excluding hydrogens is 496 g/mol. The third-order valence-electron chi connectivity index (χ3n) is 7.04. The topological polar surface area (TPSA) is 110 Å². The molecule has 2 amide bonds. The van der Waals surface area contributed by atoms with Gasteiger partial charge in [-0.3, -0.25) is 14.2 Å². The van der Waals surface area contributed by atoms with Crippen molar-refractivity contribution in [3.8, 4) is 11.6 Å². The van der Waals surface area contributed by atoms with Gasteiger partial charge in [-0.05, 0) is 36.8 Å². The summed E-state index contributed by atoms with van der Waals surface area (Å²) in [6, 6.07) is 12.4. The molecule has 11 nitrogen and oxygen atoms in total. The first kappa shape index (κ1) is 26.0. The highest BCUT2D eigenvalue weighted by Crippen LogP contribution is 2.23. The smallest absolute Gasteiger partial charge is 0.245 e. The van der Waals surface area contributed by atoms with E-state index in [1.807, 2.05) is 72.1 Å². The normalized spacial score (nSPS) is 16.1. The predicted molar refractivity (Wildman–Crippen MR) is 146 cm³/mol. The number of piperazine rings is 1. The molecule has 3 aromatic heterocycles. The summed E-state index contributed by atoms with van der Waals surface area (Å²) in [7, 11) is 3.56. The largest absolute Gasteiger partial charge is 0.497 e. The van der Waals surface area contributed by atoms with Gasteiger partial charge in [-0.25, -0.2) is 15.0 Å². The summed E-state index contributed by atoms with van der Waals surface area (Å²) >= 11 is 0. The van der Waals surface area contributed by atoms with Gasteiger partial charge in [0.1, 0.15) is 36.1 Å². The number of anilines is 1. The first-order chi connectivity index (χ1) is 18.9. The van der Waals surface area contributed by atoms with E-state index >= 15 is 0 Å². The van der Waals surface area contributed by atoms with Gasteiger partial charge in [0, 0.05) is 50.5 Å². The molecule has 4 heterocycles. The number of methoxy groups -OCH3 is 1. The van der Waals surface area contributed by atoms with Gasteiger partial charge in [0.15, 0.2) is 0 Å². The zero-order chi connectivity index (χ0) is 27.4. The van der Waals surface area contributed by atoms with E-state index in [1.165, 1.54) is 6.33 Å². The Labute approximate surface area is 227 Å². The Morgan fingerprint density at radius 2 is 1.90 bits per heavy atom. The molecule has 0 bridgehead atoms. The van der Waals surface area contributed by atoms with Crippen LogP contribution in [0.4, 0.5) is 5.82 Å². The van der Waals surface area contributed by atoms with Crippen molar-refractivity contribution in [2.24, 2.45) is 7.05 Å². The van der Waals surface area contributed by atoms with Gasteiger partial charge in [0.2, 0.25) is 11.8 Å². The van der Waals surface area contributed by atoms with Crippen molar-refractivity contribution in [2.45, 2.75) is 25.4 Å². The zero-order valence-corrected chi connectivity index (χ0v) is 22.3. The first-order valence-corrected chi connectivity index (χ1v) is 12.8. The minimum absolute atomic E-state index is 0.0325. The summed E-state index contributed by atoms with van der Waals surface area (Å²) in [6.45, 7) is 3.11. The number of carbonyl (C=O) groups excluding carboxylic acids is 2. The molecule has 1 fully saturated rings. The van der Waals surface area contributed by atoms with Crippen molar-refractivity contribution in [2.75, 3.05) is 31.6 Å². The molecule has 2 atom stereocenters. The summed E-state index contributed by atoms with van der Waals surface area (Å²) in [5, 5.41) is 3.14. The molecule has 1 aromatic carbocycles. The van der Waals surface area contributed by atoms with E-state index in [1.54, 1.807) is 35.3 Å². The molecule has 202 valence electrons. The monoisotopic (exact) mass is 528 g/mol. The number of carbonyl (C=O) groups is 2. The van der Waals surface area contributed by atoms with Crippen LogP contribution in [0.2, 0.25) is 0 Å². The maximum atomic E-state index is 13.7. The second-order valence-corrected chi connectivity index (χ2v) is 9.55. The van der Waals surface area contributed by atoms with Gasteiger partial charge in [-0.15, -0.1) is 0 Å². The van der Waals surface area contributed by atoms with Gasteiger partial charge in [0.05, 0.1) is 26.1 Å². The molecule has 2 unspecified atom stereocenters. The molecule has 1 aliphatic rings. The Morgan fingerprint density at radius 3 is 2.59 bits per heavy atom. The number of hydrogen-bond donors (Lipinski definition) is 1. The summed E-state index contributed by atoms with van der Waals surface area (Å²) in [4.78, 5) is 43.7. The van der Waals surface area contributed by atoms with Gasteiger partial charge in [-0.2, -0.15) is 0 Å². The molecular formula is C28H32N8O3. The van der Waals surface area contributed by atoms with Crippen LogP contribution in [0, 0.1) is 0 Å². The van der Waals surface area contributed by atoms with E-state index in [-0.39, 0.29) is 30.8 Å². The van der Waals surface area contributed by atoms with Crippen molar-refractivity contribution in [1.29, 1.82) is 0 Å². The molecule has 1 aliphatic heterocycles. The number of hydrogen-bond acceptors (Lipinski definition) is 7. The fourth-order valence-corrected chi connectivity index (χ4v) is 4.88. The number of nitrogens with zero attached hydrogens (tertiary/aromatic N) is 7. The predicted octanol–water partition coefficient (Wildman–Crippen LogP) is 2.15. The Bertz CT molecular complexity index is 1420.